The molecule has 1 fully saturated rings. The Hall–Kier alpha value is -2.94. The number of hydrogen-bond acceptors (Lipinski definition) is 6. The van der Waals surface area contributed by atoms with Crippen molar-refractivity contribution >= 4 is 44.3 Å². The van der Waals surface area contributed by atoms with E-state index in [2.05, 4.69) is 5.32 Å². The number of anilines is 1. The van der Waals surface area contributed by atoms with Crippen LogP contribution in [0.4, 0.5) is 5.69 Å². The molecule has 1 saturated carbocycles. The molecule has 4 rings (SSSR count). The number of esters is 1. The molecular formula is C21H22N2O6S. The van der Waals surface area contributed by atoms with Gasteiger partial charge in [0.2, 0.25) is 5.91 Å². The molecular weight excluding hydrogens is 408 g/mol. The first kappa shape index (κ1) is 20.3. The third-order valence-electron chi connectivity index (χ3n) is 5.56. The molecule has 0 radical (unpaired) electrons. The number of carbonyl (C=O) groups is 3. The van der Waals surface area contributed by atoms with E-state index in [9.17, 15) is 22.8 Å². The van der Waals surface area contributed by atoms with Crippen LogP contribution in [0, 0.1) is 5.92 Å². The van der Waals surface area contributed by atoms with Crippen LogP contribution in [0.5, 0.6) is 0 Å². The van der Waals surface area contributed by atoms with E-state index in [1.165, 1.54) is 6.07 Å². The van der Waals surface area contributed by atoms with E-state index >= 15 is 0 Å². The van der Waals surface area contributed by atoms with Gasteiger partial charge in [-0.15, -0.1) is 0 Å². The Morgan fingerprint density at radius 1 is 1.03 bits per heavy atom. The Balaban J connectivity index is 1.37. The Bertz CT molecular complexity index is 1120. The number of rotatable bonds is 5. The van der Waals surface area contributed by atoms with Gasteiger partial charge < -0.3 is 4.74 Å². The van der Waals surface area contributed by atoms with Gasteiger partial charge in [-0.25, -0.2) is 8.42 Å². The molecule has 2 aromatic rings. The van der Waals surface area contributed by atoms with E-state index in [0.717, 1.165) is 41.8 Å². The van der Waals surface area contributed by atoms with Crippen molar-refractivity contribution in [1.82, 2.24) is 5.32 Å². The zero-order chi connectivity index (χ0) is 21.3. The van der Waals surface area contributed by atoms with Crippen molar-refractivity contribution < 1.29 is 27.5 Å². The minimum absolute atomic E-state index is 0.138. The normalized spacial score (nSPS) is 17.7. The third kappa shape index (κ3) is 3.77. The summed E-state index contributed by atoms with van der Waals surface area (Å²) in [6.07, 6.45) is 4.50. The van der Waals surface area contributed by atoms with Gasteiger partial charge in [-0.1, -0.05) is 43.5 Å². The summed E-state index contributed by atoms with van der Waals surface area (Å²) < 4.78 is 31.6. The Morgan fingerprint density at radius 2 is 1.73 bits per heavy atom. The van der Waals surface area contributed by atoms with Crippen LogP contribution in [0.3, 0.4) is 0 Å². The molecule has 1 heterocycles. The van der Waals surface area contributed by atoms with E-state index in [4.69, 9.17) is 4.74 Å². The summed E-state index contributed by atoms with van der Waals surface area (Å²) in [4.78, 5) is 36.4. The van der Waals surface area contributed by atoms with Crippen molar-refractivity contribution in [3.63, 3.8) is 0 Å². The molecule has 9 heteroatoms. The molecule has 1 N–H and O–H groups in total. The summed E-state index contributed by atoms with van der Waals surface area (Å²) in [6, 6.07) is 10.1. The number of carbonyl (C=O) groups excluding carboxylic acids is 3. The van der Waals surface area contributed by atoms with E-state index in [-0.39, 0.29) is 16.7 Å². The predicted molar refractivity (Wildman–Crippen MR) is 109 cm³/mol. The molecule has 1 aliphatic carbocycles. The van der Waals surface area contributed by atoms with E-state index < -0.39 is 35.1 Å². The summed E-state index contributed by atoms with van der Waals surface area (Å²) in [5.41, 5.74) is 0.400. The van der Waals surface area contributed by atoms with E-state index in [0.29, 0.717) is 11.1 Å². The lowest BCUT2D eigenvalue weighted by Gasteiger charge is -2.20. The molecule has 0 saturated heterocycles. The van der Waals surface area contributed by atoms with Gasteiger partial charge in [0.25, 0.3) is 15.9 Å². The molecule has 2 aliphatic rings. The molecule has 158 valence electrons. The van der Waals surface area contributed by atoms with E-state index in [1.807, 2.05) is 0 Å². The molecule has 2 amide bonds. The largest absolute Gasteiger partial charge is 0.454 e. The summed E-state index contributed by atoms with van der Waals surface area (Å²) in [5.74, 6) is -2.12. The van der Waals surface area contributed by atoms with Crippen molar-refractivity contribution in [2.24, 2.45) is 5.92 Å². The maximum absolute atomic E-state index is 12.9. The average Bonchev–Trinajstić information content (AvgIpc) is 2.96. The fourth-order valence-corrected chi connectivity index (χ4v) is 5.73. The lowest BCUT2D eigenvalue weighted by atomic mass is 9.89. The van der Waals surface area contributed by atoms with Crippen molar-refractivity contribution in [1.29, 1.82) is 0 Å². The Labute approximate surface area is 174 Å². The highest BCUT2D eigenvalue weighted by Crippen LogP contribution is 2.41. The first-order chi connectivity index (χ1) is 14.4. The summed E-state index contributed by atoms with van der Waals surface area (Å²) >= 11 is 0. The molecule has 0 aromatic heterocycles. The van der Waals surface area contributed by atoms with Gasteiger partial charge in [-0.05, 0) is 30.4 Å². The van der Waals surface area contributed by atoms with Crippen LogP contribution in [0.25, 0.3) is 10.8 Å². The maximum atomic E-state index is 12.9. The number of nitrogens with zero attached hydrogens (tertiary/aromatic N) is 1. The quantitative estimate of drug-likeness (QED) is 0.728. The lowest BCUT2D eigenvalue weighted by Crippen LogP contribution is -2.40. The number of nitrogens with one attached hydrogen (secondary N) is 1. The number of benzene rings is 2. The molecule has 30 heavy (non-hydrogen) atoms. The number of imide groups is 1. The van der Waals surface area contributed by atoms with Crippen molar-refractivity contribution in [2.75, 3.05) is 17.5 Å². The lowest BCUT2D eigenvalue weighted by molar-refractivity contribution is -0.148. The second-order valence-electron chi connectivity index (χ2n) is 7.55. The average molecular weight is 430 g/mol. The van der Waals surface area contributed by atoms with Crippen LogP contribution < -0.4 is 9.62 Å². The van der Waals surface area contributed by atoms with Crippen LogP contribution in [0.2, 0.25) is 0 Å². The second-order valence-corrected chi connectivity index (χ2v) is 9.38. The fraction of sp³-hybridized carbons (Fsp3) is 0.381. The first-order valence-electron chi connectivity index (χ1n) is 9.92. The smallest absolute Gasteiger partial charge is 0.327 e. The molecule has 0 unspecified atom stereocenters. The highest BCUT2D eigenvalue weighted by molar-refractivity contribution is 7.93. The van der Waals surface area contributed by atoms with Crippen LogP contribution in [0.1, 0.15) is 32.1 Å². The van der Waals surface area contributed by atoms with E-state index in [1.54, 1.807) is 30.3 Å². The van der Waals surface area contributed by atoms with Crippen molar-refractivity contribution in [2.45, 2.75) is 37.0 Å². The molecule has 2 aromatic carbocycles. The molecule has 8 nitrogen and oxygen atoms in total. The van der Waals surface area contributed by atoms with Gasteiger partial charge in [0.15, 0.2) is 6.61 Å². The van der Waals surface area contributed by atoms with Gasteiger partial charge >= 0.3 is 5.97 Å². The first-order valence-corrected chi connectivity index (χ1v) is 11.4. The fourth-order valence-electron chi connectivity index (χ4n) is 4.08. The Kier molecular flexibility index (Phi) is 5.46. The van der Waals surface area contributed by atoms with Crippen molar-refractivity contribution in [3.8, 4) is 0 Å². The minimum Gasteiger partial charge on any atom is -0.454 e. The maximum Gasteiger partial charge on any atom is 0.327 e. The van der Waals surface area contributed by atoms with Gasteiger partial charge in [0.1, 0.15) is 6.54 Å². The van der Waals surface area contributed by atoms with Crippen LogP contribution >= 0.6 is 0 Å². The SMILES string of the molecule is O=C(COC(=O)CN1c2cccc3cccc(c23)S1(=O)=O)NC(=O)C1CCCCC1. The predicted octanol–water partition coefficient (Wildman–Crippen LogP) is 2.11. The van der Waals surface area contributed by atoms with Crippen LogP contribution in [0.15, 0.2) is 41.3 Å². The van der Waals surface area contributed by atoms with Crippen molar-refractivity contribution in [3.05, 3.63) is 36.4 Å². The topological polar surface area (TPSA) is 110 Å². The molecule has 0 spiro atoms. The Morgan fingerprint density at radius 3 is 2.47 bits per heavy atom. The summed E-state index contributed by atoms with van der Waals surface area (Å²) in [6.45, 7) is -1.19. The number of amides is 2. The van der Waals surface area contributed by atoms with Gasteiger partial charge in [-0.2, -0.15) is 0 Å². The number of hydrogen-bond donors (Lipinski definition) is 1. The zero-order valence-electron chi connectivity index (χ0n) is 16.3. The van der Waals surface area contributed by atoms with Gasteiger partial charge in [-0.3, -0.25) is 24.0 Å². The molecule has 1 aliphatic heterocycles. The zero-order valence-corrected chi connectivity index (χ0v) is 17.1. The minimum atomic E-state index is -3.89. The second kappa shape index (κ2) is 8.06. The van der Waals surface area contributed by atoms with Crippen LogP contribution in [-0.4, -0.2) is 39.4 Å². The van der Waals surface area contributed by atoms with Crippen LogP contribution in [-0.2, 0) is 29.1 Å². The van der Waals surface area contributed by atoms with Gasteiger partial charge in [0, 0.05) is 11.3 Å². The monoisotopic (exact) mass is 430 g/mol. The number of ether oxygens (including phenoxy) is 1. The summed E-state index contributed by atoms with van der Waals surface area (Å²) in [7, 11) is -3.89. The number of sulfonamides is 1. The highest BCUT2D eigenvalue weighted by atomic mass is 32.2. The molecule has 0 bridgehead atoms. The standard InChI is InChI=1S/C21H22N2O6S/c24-18(22-21(26)15-6-2-1-3-7-15)13-29-19(25)12-23-16-10-4-8-14-9-5-11-17(20(14)16)30(23,27)28/h4-5,8-11,15H,1-3,6-7,12-13H2,(H,22,24,26). The van der Waals surface area contributed by atoms with Gasteiger partial charge in [0.05, 0.1) is 10.6 Å². The summed E-state index contributed by atoms with van der Waals surface area (Å²) in [5, 5.41) is 3.57. The third-order valence-corrected chi connectivity index (χ3v) is 7.36. The highest BCUT2D eigenvalue weighted by Gasteiger charge is 2.37. The molecule has 0 atom stereocenters.